The number of carbonyl (C=O) groups excluding carboxylic acids is 1. The number of hydrogen-bond donors (Lipinski definition) is 1. The molecule has 0 saturated carbocycles. The molecular formula is C21H24N4O3. The van der Waals surface area contributed by atoms with Gasteiger partial charge in [0.15, 0.2) is 0 Å². The van der Waals surface area contributed by atoms with Crippen LogP contribution in [0.15, 0.2) is 52.1 Å². The average Bonchev–Trinajstić information content (AvgIpc) is 2.65. The summed E-state index contributed by atoms with van der Waals surface area (Å²) in [4.78, 5) is 39.8. The SMILES string of the molecule is CCn1c(=O)c2ccccc2n(CC(=O)Nc2ccc(N(C)C)c(C)c2)c1=O. The van der Waals surface area contributed by atoms with E-state index in [9.17, 15) is 14.4 Å². The molecule has 1 amide bonds. The topological polar surface area (TPSA) is 76.3 Å². The monoisotopic (exact) mass is 380 g/mol. The van der Waals surface area contributed by atoms with Gasteiger partial charge in [0.1, 0.15) is 6.54 Å². The summed E-state index contributed by atoms with van der Waals surface area (Å²) in [5.41, 5.74) is 2.39. The van der Waals surface area contributed by atoms with Gasteiger partial charge in [-0.3, -0.25) is 18.7 Å². The molecule has 1 aromatic heterocycles. The van der Waals surface area contributed by atoms with Crippen LogP contribution in [0.2, 0.25) is 0 Å². The van der Waals surface area contributed by atoms with Crippen molar-refractivity contribution in [3.05, 3.63) is 68.9 Å². The highest BCUT2D eigenvalue weighted by Gasteiger charge is 2.14. The molecule has 0 fully saturated rings. The van der Waals surface area contributed by atoms with Crippen LogP contribution in [-0.4, -0.2) is 29.1 Å². The Morgan fingerprint density at radius 3 is 2.43 bits per heavy atom. The molecule has 0 aliphatic carbocycles. The van der Waals surface area contributed by atoms with Crippen LogP contribution in [0.1, 0.15) is 12.5 Å². The first-order valence-electron chi connectivity index (χ1n) is 9.13. The minimum Gasteiger partial charge on any atom is -0.377 e. The smallest absolute Gasteiger partial charge is 0.331 e. The zero-order valence-electron chi connectivity index (χ0n) is 16.5. The molecule has 0 aliphatic heterocycles. The van der Waals surface area contributed by atoms with Crippen LogP contribution in [0.4, 0.5) is 11.4 Å². The van der Waals surface area contributed by atoms with Crippen molar-refractivity contribution in [3.8, 4) is 0 Å². The van der Waals surface area contributed by atoms with Crippen molar-refractivity contribution in [2.45, 2.75) is 26.9 Å². The number of hydrogen-bond acceptors (Lipinski definition) is 4. The van der Waals surface area contributed by atoms with Gasteiger partial charge >= 0.3 is 5.69 Å². The number of nitrogens with one attached hydrogen (secondary N) is 1. The third-order valence-electron chi connectivity index (χ3n) is 4.71. The maximum Gasteiger partial charge on any atom is 0.331 e. The van der Waals surface area contributed by atoms with Crippen molar-refractivity contribution in [2.75, 3.05) is 24.3 Å². The maximum absolute atomic E-state index is 12.7. The maximum atomic E-state index is 12.7. The Balaban J connectivity index is 1.95. The molecule has 1 heterocycles. The third kappa shape index (κ3) is 3.55. The molecule has 3 rings (SSSR count). The first-order valence-corrected chi connectivity index (χ1v) is 9.13. The van der Waals surface area contributed by atoms with E-state index < -0.39 is 5.69 Å². The Hall–Kier alpha value is -3.35. The lowest BCUT2D eigenvalue weighted by molar-refractivity contribution is -0.116. The van der Waals surface area contributed by atoms with Crippen molar-refractivity contribution >= 4 is 28.2 Å². The number of nitrogens with zero attached hydrogens (tertiary/aromatic N) is 3. The summed E-state index contributed by atoms with van der Waals surface area (Å²) in [5, 5.41) is 3.26. The van der Waals surface area contributed by atoms with E-state index in [0.29, 0.717) is 16.6 Å². The van der Waals surface area contributed by atoms with Gasteiger partial charge in [-0.1, -0.05) is 12.1 Å². The first kappa shape index (κ1) is 19.4. The van der Waals surface area contributed by atoms with Crippen LogP contribution in [0.5, 0.6) is 0 Å². The van der Waals surface area contributed by atoms with Gasteiger partial charge in [0, 0.05) is 32.0 Å². The fourth-order valence-corrected chi connectivity index (χ4v) is 3.38. The average molecular weight is 380 g/mol. The van der Waals surface area contributed by atoms with Crippen molar-refractivity contribution in [1.82, 2.24) is 9.13 Å². The number of amides is 1. The van der Waals surface area contributed by atoms with Crippen molar-refractivity contribution in [2.24, 2.45) is 0 Å². The lowest BCUT2D eigenvalue weighted by Gasteiger charge is -2.17. The molecule has 0 atom stereocenters. The van der Waals surface area contributed by atoms with E-state index in [4.69, 9.17) is 0 Å². The van der Waals surface area contributed by atoms with Crippen molar-refractivity contribution < 1.29 is 4.79 Å². The number of carbonyl (C=O) groups is 1. The summed E-state index contributed by atoms with van der Waals surface area (Å²) in [6.07, 6.45) is 0. The van der Waals surface area contributed by atoms with Gasteiger partial charge in [0.2, 0.25) is 5.91 Å². The number of para-hydroxylation sites is 1. The summed E-state index contributed by atoms with van der Waals surface area (Å²) in [7, 11) is 3.92. The zero-order valence-corrected chi connectivity index (χ0v) is 16.5. The highest BCUT2D eigenvalue weighted by atomic mass is 16.2. The number of aromatic nitrogens is 2. The second kappa shape index (κ2) is 7.72. The van der Waals surface area contributed by atoms with Gasteiger partial charge in [0.05, 0.1) is 10.9 Å². The second-order valence-electron chi connectivity index (χ2n) is 6.88. The highest BCUT2D eigenvalue weighted by Crippen LogP contribution is 2.21. The number of rotatable bonds is 5. The molecule has 7 nitrogen and oxygen atoms in total. The normalized spacial score (nSPS) is 10.9. The van der Waals surface area contributed by atoms with Crippen LogP contribution in [0.25, 0.3) is 10.9 Å². The number of fused-ring (bicyclic) bond motifs is 1. The van der Waals surface area contributed by atoms with Crippen LogP contribution in [-0.2, 0) is 17.9 Å². The zero-order chi connectivity index (χ0) is 20.4. The van der Waals surface area contributed by atoms with Gasteiger partial charge in [-0.05, 0) is 49.7 Å². The number of benzene rings is 2. The van der Waals surface area contributed by atoms with E-state index in [1.54, 1.807) is 31.2 Å². The fraction of sp³-hybridized carbons (Fsp3) is 0.286. The Morgan fingerprint density at radius 2 is 1.79 bits per heavy atom. The molecule has 28 heavy (non-hydrogen) atoms. The second-order valence-corrected chi connectivity index (χ2v) is 6.88. The Bertz CT molecular complexity index is 1160. The summed E-state index contributed by atoms with van der Waals surface area (Å²) < 4.78 is 2.49. The molecule has 2 aromatic carbocycles. The van der Waals surface area contributed by atoms with E-state index in [0.717, 1.165) is 15.8 Å². The largest absolute Gasteiger partial charge is 0.377 e. The quantitative estimate of drug-likeness (QED) is 0.736. The molecule has 3 aromatic rings. The van der Waals surface area contributed by atoms with Gasteiger partial charge in [-0.2, -0.15) is 0 Å². The highest BCUT2D eigenvalue weighted by molar-refractivity contribution is 5.92. The Kier molecular flexibility index (Phi) is 5.35. The third-order valence-corrected chi connectivity index (χ3v) is 4.71. The molecular weight excluding hydrogens is 356 g/mol. The summed E-state index contributed by atoms with van der Waals surface area (Å²) in [6.45, 7) is 3.78. The van der Waals surface area contributed by atoms with Crippen LogP contribution in [0, 0.1) is 6.92 Å². The Morgan fingerprint density at radius 1 is 1.07 bits per heavy atom. The lowest BCUT2D eigenvalue weighted by Crippen LogP contribution is -2.41. The van der Waals surface area contributed by atoms with Crippen LogP contribution >= 0.6 is 0 Å². The molecule has 0 unspecified atom stereocenters. The molecule has 0 spiro atoms. The Labute approximate surface area is 162 Å². The fourth-order valence-electron chi connectivity index (χ4n) is 3.38. The number of aryl methyl sites for hydroxylation is 1. The van der Waals surface area contributed by atoms with E-state index in [2.05, 4.69) is 5.32 Å². The first-order chi connectivity index (χ1) is 13.3. The van der Waals surface area contributed by atoms with E-state index in [1.807, 2.05) is 44.1 Å². The summed E-state index contributed by atoms with van der Waals surface area (Å²) in [6, 6.07) is 12.5. The van der Waals surface area contributed by atoms with Gasteiger partial charge in [-0.15, -0.1) is 0 Å². The standard InChI is InChI=1S/C21H24N4O3/c1-5-24-20(27)16-8-6-7-9-18(16)25(21(24)28)13-19(26)22-15-10-11-17(23(3)4)14(2)12-15/h6-12H,5,13H2,1-4H3,(H,22,26). The molecule has 0 bridgehead atoms. The molecule has 0 radical (unpaired) electrons. The van der Waals surface area contributed by atoms with Crippen molar-refractivity contribution in [1.29, 1.82) is 0 Å². The molecule has 7 heteroatoms. The van der Waals surface area contributed by atoms with E-state index >= 15 is 0 Å². The van der Waals surface area contributed by atoms with Crippen molar-refractivity contribution in [3.63, 3.8) is 0 Å². The minimum atomic E-state index is -0.486. The van der Waals surface area contributed by atoms with E-state index in [1.165, 1.54) is 4.57 Å². The predicted octanol–water partition coefficient (Wildman–Crippen LogP) is 2.20. The minimum absolute atomic E-state index is 0.173. The van der Waals surface area contributed by atoms with E-state index in [-0.39, 0.29) is 24.6 Å². The summed E-state index contributed by atoms with van der Waals surface area (Å²) >= 11 is 0. The molecule has 146 valence electrons. The van der Waals surface area contributed by atoms with Gasteiger partial charge in [0.25, 0.3) is 5.56 Å². The molecule has 0 aliphatic rings. The predicted molar refractivity (Wildman–Crippen MR) is 112 cm³/mol. The lowest BCUT2D eigenvalue weighted by atomic mass is 10.1. The number of anilines is 2. The molecule has 0 saturated heterocycles. The van der Waals surface area contributed by atoms with Gasteiger partial charge < -0.3 is 10.2 Å². The summed E-state index contributed by atoms with van der Waals surface area (Å²) in [5.74, 6) is -0.328. The van der Waals surface area contributed by atoms with Crippen LogP contribution in [0.3, 0.4) is 0 Å². The van der Waals surface area contributed by atoms with Gasteiger partial charge in [-0.25, -0.2) is 4.79 Å². The van der Waals surface area contributed by atoms with Crippen LogP contribution < -0.4 is 21.5 Å². The molecule has 1 N–H and O–H groups in total.